The molecule has 2 aromatic rings. The second-order valence-electron chi connectivity index (χ2n) is 2.67. The molecule has 0 unspecified atom stereocenters. The number of rotatable bonds is 2. The van der Waals surface area contributed by atoms with Gasteiger partial charge in [-0.25, -0.2) is 4.68 Å². The van der Waals surface area contributed by atoms with Crippen molar-refractivity contribution in [1.82, 2.24) is 9.78 Å². The third kappa shape index (κ3) is 1.76. The molecule has 3 nitrogen and oxygen atoms in total. The van der Waals surface area contributed by atoms with Gasteiger partial charge in [-0.2, -0.15) is 16.4 Å². The van der Waals surface area contributed by atoms with Crippen molar-refractivity contribution in [2.24, 2.45) is 0 Å². The summed E-state index contributed by atoms with van der Waals surface area (Å²) >= 11 is 4.99. The lowest BCUT2D eigenvalue weighted by atomic mass is 10.3. The molecular formula is C8H8BrN3S. The average molecular weight is 258 g/mol. The van der Waals surface area contributed by atoms with E-state index in [4.69, 9.17) is 5.73 Å². The number of nitrogens with two attached hydrogens (primary N) is 1. The molecule has 2 rings (SSSR count). The van der Waals surface area contributed by atoms with Gasteiger partial charge in [-0.1, -0.05) is 0 Å². The Balaban J connectivity index is 2.24. The molecule has 0 radical (unpaired) electrons. The predicted molar refractivity (Wildman–Crippen MR) is 57.8 cm³/mol. The lowest BCUT2D eigenvalue weighted by molar-refractivity contribution is 0.699. The average Bonchev–Trinajstić information content (AvgIpc) is 2.71. The van der Waals surface area contributed by atoms with Crippen molar-refractivity contribution in [2.45, 2.75) is 6.54 Å². The van der Waals surface area contributed by atoms with Crippen LogP contribution in [0.2, 0.25) is 0 Å². The Morgan fingerprint density at radius 1 is 1.62 bits per heavy atom. The van der Waals surface area contributed by atoms with Gasteiger partial charge in [-0.15, -0.1) is 0 Å². The molecule has 0 aliphatic carbocycles. The fourth-order valence-electron chi connectivity index (χ4n) is 1.05. The molecule has 0 spiro atoms. The van der Waals surface area contributed by atoms with Gasteiger partial charge in [-0.3, -0.25) is 0 Å². The highest BCUT2D eigenvalue weighted by molar-refractivity contribution is 9.10. The minimum atomic E-state index is 0.672. The summed E-state index contributed by atoms with van der Waals surface area (Å²) in [5, 5.41) is 8.28. The maximum absolute atomic E-state index is 5.78. The maximum Gasteiger partial charge on any atom is 0.136 e. The fraction of sp³-hybridized carbons (Fsp3) is 0.125. The van der Waals surface area contributed by atoms with Gasteiger partial charge in [-0.05, 0) is 38.3 Å². The number of halogens is 1. The van der Waals surface area contributed by atoms with Gasteiger partial charge >= 0.3 is 0 Å². The number of nitrogens with zero attached hydrogens (tertiary/aromatic N) is 2. The van der Waals surface area contributed by atoms with Crippen LogP contribution in [-0.2, 0) is 6.54 Å². The van der Waals surface area contributed by atoms with Crippen LogP contribution in [0.3, 0.4) is 0 Å². The van der Waals surface area contributed by atoms with Crippen LogP contribution in [0.25, 0.3) is 0 Å². The van der Waals surface area contributed by atoms with Gasteiger partial charge in [0.15, 0.2) is 0 Å². The molecule has 0 aliphatic heterocycles. The van der Waals surface area contributed by atoms with Crippen molar-refractivity contribution in [3.05, 3.63) is 33.1 Å². The van der Waals surface area contributed by atoms with E-state index in [0.717, 1.165) is 11.0 Å². The van der Waals surface area contributed by atoms with Gasteiger partial charge in [0.1, 0.15) is 5.82 Å². The molecule has 5 heteroatoms. The third-order valence-corrected chi connectivity index (χ3v) is 3.09. The second kappa shape index (κ2) is 3.51. The largest absolute Gasteiger partial charge is 0.383 e. The van der Waals surface area contributed by atoms with Crippen molar-refractivity contribution < 1.29 is 0 Å². The highest BCUT2D eigenvalue weighted by Gasteiger charge is 2.04. The molecule has 0 aromatic carbocycles. The van der Waals surface area contributed by atoms with Gasteiger partial charge in [0, 0.05) is 0 Å². The number of thiophene rings is 1. The molecule has 0 amide bonds. The maximum atomic E-state index is 5.78. The van der Waals surface area contributed by atoms with Gasteiger partial charge in [0.25, 0.3) is 0 Å². The Hall–Kier alpha value is -0.810. The molecule has 0 fully saturated rings. The molecule has 0 atom stereocenters. The van der Waals surface area contributed by atoms with Crippen LogP contribution in [0.15, 0.2) is 27.5 Å². The number of aromatic nitrogens is 2. The van der Waals surface area contributed by atoms with E-state index in [2.05, 4.69) is 32.5 Å². The van der Waals surface area contributed by atoms with Crippen LogP contribution in [0.4, 0.5) is 5.82 Å². The zero-order chi connectivity index (χ0) is 9.26. The normalized spacial score (nSPS) is 10.5. The van der Waals surface area contributed by atoms with E-state index in [9.17, 15) is 0 Å². The highest BCUT2D eigenvalue weighted by atomic mass is 79.9. The van der Waals surface area contributed by atoms with Gasteiger partial charge in [0.2, 0.25) is 0 Å². The van der Waals surface area contributed by atoms with Crippen LogP contribution >= 0.6 is 27.3 Å². The van der Waals surface area contributed by atoms with E-state index in [1.165, 1.54) is 5.56 Å². The van der Waals surface area contributed by atoms with Crippen molar-refractivity contribution in [2.75, 3.05) is 5.73 Å². The first-order valence-corrected chi connectivity index (χ1v) is 5.49. The molecule has 68 valence electrons. The van der Waals surface area contributed by atoms with Crippen LogP contribution in [0, 0.1) is 0 Å². The van der Waals surface area contributed by atoms with Crippen LogP contribution in [0.1, 0.15) is 5.56 Å². The fourth-order valence-corrected chi connectivity index (χ4v) is 2.01. The van der Waals surface area contributed by atoms with Crippen molar-refractivity contribution >= 4 is 33.1 Å². The summed E-state index contributed by atoms with van der Waals surface area (Å²) in [6, 6.07) is 2.07. The third-order valence-electron chi connectivity index (χ3n) is 1.75. The number of hydrogen-bond acceptors (Lipinski definition) is 3. The number of anilines is 1. The van der Waals surface area contributed by atoms with E-state index >= 15 is 0 Å². The van der Waals surface area contributed by atoms with Gasteiger partial charge in [0.05, 0.1) is 17.2 Å². The Morgan fingerprint density at radius 2 is 2.46 bits per heavy atom. The van der Waals surface area contributed by atoms with E-state index in [1.807, 2.05) is 5.38 Å². The topological polar surface area (TPSA) is 43.8 Å². The quantitative estimate of drug-likeness (QED) is 0.898. The molecule has 0 saturated heterocycles. The first-order chi connectivity index (χ1) is 6.27. The van der Waals surface area contributed by atoms with E-state index < -0.39 is 0 Å². The summed E-state index contributed by atoms with van der Waals surface area (Å²) in [6.07, 6.45) is 1.71. The second-order valence-corrected chi connectivity index (χ2v) is 4.30. The van der Waals surface area contributed by atoms with Crippen LogP contribution in [-0.4, -0.2) is 9.78 Å². The summed E-state index contributed by atoms with van der Waals surface area (Å²) < 4.78 is 2.62. The molecular weight excluding hydrogens is 250 g/mol. The van der Waals surface area contributed by atoms with Gasteiger partial charge < -0.3 is 5.73 Å². The minimum Gasteiger partial charge on any atom is -0.383 e. The van der Waals surface area contributed by atoms with Crippen LogP contribution in [0.5, 0.6) is 0 Å². The molecule has 2 aromatic heterocycles. The summed E-state index contributed by atoms with van der Waals surface area (Å²) in [5.41, 5.74) is 7.01. The number of nitrogen functional groups attached to an aromatic ring is 1. The van der Waals surface area contributed by atoms with E-state index in [-0.39, 0.29) is 0 Å². The minimum absolute atomic E-state index is 0.672. The Kier molecular flexibility index (Phi) is 2.37. The summed E-state index contributed by atoms with van der Waals surface area (Å²) in [4.78, 5) is 0. The molecule has 2 N–H and O–H groups in total. The molecule has 0 aliphatic rings. The summed E-state index contributed by atoms with van der Waals surface area (Å²) in [7, 11) is 0. The smallest absolute Gasteiger partial charge is 0.136 e. The highest BCUT2D eigenvalue weighted by Crippen LogP contribution is 2.19. The molecule has 0 saturated carbocycles. The van der Waals surface area contributed by atoms with E-state index in [1.54, 1.807) is 22.2 Å². The monoisotopic (exact) mass is 257 g/mol. The Bertz CT molecular complexity index is 393. The Morgan fingerprint density at radius 3 is 3.00 bits per heavy atom. The predicted octanol–water partition coefficient (Wildman–Crippen LogP) is 2.34. The molecule has 0 bridgehead atoms. The molecule has 2 heterocycles. The Labute approximate surface area is 88.3 Å². The summed E-state index contributed by atoms with van der Waals surface area (Å²) in [5.74, 6) is 0.672. The summed E-state index contributed by atoms with van der Waals surface area (Å²) in [6.45, 7) is 0.737. The lowest BCUT2D eigenvalue weighted by Gasteiger charge is -2.01. The van der Waals surface area contributed by atoms with Crippen LogP contribution < -0.4 is 5.73 Å². The standard InChI is InChI=1S/C8H8BrN3S/c9-7-3-11-12(8(7)10)4-6-1-2-13-5-6/h1-3,5H,4,10H2. The zero-order valence-electron chi connectivity index (χ0n) is 6.77. The first-order valence-electron chi connectivity index (χ1n) is 3.75. The van der Waals surface area contributed by atoms with Crippen molar-refractivity contribution in [3.8, 4) is 0 Å². The molecule has 13 heavy (non-hydrogen) atoms. The lowest BCUT2D eigenvalue weighted by Crippen LogP contribution is -2.04. The number of hydrogen-bond donors (Lipinski definition) is 1. The van der Waals surface area contributed by atoms with Crippen molar-refractivity contribution in [1.29, 1.82) is 0 Å². The van der Waals surface area contributed by atoms with E-state index in [0.29, 0.717) is 5.82 Å². The SMILES string of the molecule is Nc1c(Br)cnn1Cc1ccsc1. The van der Waals surface area contributed by atoms with Crippen molar-refractivity contribution in [3.63, 3.8) is 0 Å². The zero-order valence-corrected chi connectivity index (χ0v) is 9.18. The first kappa shape index (κ1) is 8.77.